The van der Waals surface area contributed by atoms with E-state index in [4.69, 9.17) is 14.2 Å². The molecule has 4 heterocycles. The monoisotopic (exact) mass is 835 g/mol. The highest BCUT2D eigenvalue weighted by Gasteiger charge is 2.41. The van der Waals surface area contributed by atoms with E-state index in [9.17, 15) is 28.8 Å². The third-order valence-corrected chi connectivity index (χ3v) is 11.6. The molecule has 0 radical (unpaired) electrons. The number of anilines is 2. The number of hydrogen-bond acceptors (Lipinski definition) is 9. The molecule has 2 saturated heterocycles. The number of ether oxygens (including phenoxy) is 3. The van der Waals surface area contributed by atoms with E-state index in [0.29, 0.717) is 55.9 Å². The van der Waals surface area contributed by atoms with Crippen LogP contribution in [0.1, 0.15) is 65.2 Å². The molecule has 2 fully saturated rings. The number of methoxy groups -OCH3 is 2. The molecular formula is C45H53N7O9. The summed E-state index contributed by atoms with van der Waals surface area (Å²) in [6.07, 6.45) is 0.263. The Balaban J connectivity index is 1.13. The van der Waals surface area contributed by atoms with Gasteiger partial charge in [0.2, 0.25) is 29.9 Å². The summed E-state index contributed by atoms with van der Waals surface area (Å²) < 4.78 is 18.3. The Morgan fingerprint density at radius 1 is 0.672 bits per heavy atom. The van der Waals surface area contributed by atoms with Gasteiger partial charge in [-0.1, -0.05) is 58.0 Å². The van der Waals surface area contributed by atoms with Crippen LogP contribution in [0.25, 0.3) is 22.2 Å². The van der Waals surface area contributed by atoms with Crippen LogP contribution < -0.4 is 26.0 Å². The van der Waals surface area contributed by atoms with Crippen molar-refractivity contribution < 1.29 is 43.0 Å². The van der Waals surface area contributed by atoms with Crippen LogP contribution in [-0.2, 0) is 28.7 Å². The predicted molar refractivity (Wildman–Crippen MR) is 228 cm³/mol. The van der Waals surface area contributed by atoms with Crippen LogP contribution >= 0.6 is 0 Å². The van der Waals surface area contributed by atoms with Gasteiger partial charge in [-0.25, -0.2) is 9.59 Å². The van der Waals surface area contributed by atoms with Crippen molar-refractivity contribution in [2.75, 3.05) is 37.9 Å². The molecule has 0 bridgehead atoms. The fraction of sp³-hybridized carbons (Fsp3) is 0.422. The number of hydrogen-bond donors (Lipinski definition) is 4. The third kappa shape index (κ3) is 8.70. The highest BCUT2D eigenvalue weighted by atomic mass is 16.5. The van der Waals surface area contributed by atoms with Crippen molar-refractivity contribution >= 4 is 58.1 Å². The summed E-state index contributed by atoms with van der Waals surface area (Å²) >= 11 is 0. The lowest BCUT2D eigenvalue weighted by Crippen LogP contribution is -2.54. The van der Waals surface area contributed by atoms with E-state index in [0.717, 1.165) is 27.7 Å². The average molecular weight is 836 g/mol. The van der Waals surface area contributed by atoms with E-state index in [1.807, 2.05) is 88.4 Å². The van der Waals surface area contributed by atoms with Gasteiger partial charge in [-0.2, -0.15) is 0 Å². The van der Waals surface area contributed by atoms with Gasteiger partial charge >= 0.3 is 12.2 Å². The summed E-state index contributed by atoms with van der Waals surface area (Å²) in [7, 11) is 2.48. The lowest BCUT2D eigenvalue weighted by molar-refractivity contribution is -0.139. The molecule has 6 amide bonds. The summed E-state index contributed by atoms with van der Waals surface area (Å²) in [4.78, 5) is 81.9. The van der Waals surface area contributed by atoms with E-state index < -0.39 is 42.6 Å². The second-order valence-corrected chi connectivity index (χ2v) is 16.3. The largest absolute Gasteiger partial charge is 0.465 e. The Labute approximate surface area is 354 Å². The van der Waals surface area contributed by atoms with Crippen molar-refractivity contribution in [3.8, 4) is 17.0 Å². The molecule has 1 aromatic heterocycles. The molecule has 5 atom stereocenters. The van der Waals surface area contributed by atoms with Crippen LogP contribution in [0.15, 0.2) is 72.8 Å². The minimum Gasteiger partial charge on any atom is -0.465 e. The fourth-order valence-corrected chi connectivity index (χ4v) is 8.50. The molecule has 4 N–H and O–H groups in total. The van der Waals surface area contributed by atoms with Crippen LogP contribution in [0.3, 0.4) is 0 Å². The molecule has 16 nitrogen and oxygen atoms in total. The van der Waals surface area contributed by atoms with Gasteiger partial charge in [0.1, 0.15) is 29.9 Å². The average Bonchev–Trinajstić information content (AvgIpc) is 4.03. The van der Waals surface area contributed by atoms with Gasteiger partial charge in [-0.05, 0) is 73.9 Å². The Bertz CT molecular complexity index is 2330. The number of rotatable bonds is 11. The van der Waals surface area contributed by atoms with Crippen molar-refractivity contribution in [2.45, 2.75) is 83.8 Å². The molecule has 3 aliphatic heterocycles. The van der Waals surface area contributed by atoms with Gasteiger partial charge in [0.15, 0.2) is 0 Å². The van der Waals surface area contributed by atoms with Gasteiger partial charge in [0.05, 0.1) is 25.4 Å². The van der Waals surface area contributed by atoms with Gasteiger partial charge in [-0.15, -0.1) is 0 Å². The number of carbonyl (C=O) groups excluding carboxylic acids is 6. The van der Waals surface area contributed by atoms with E-state index in [2.05, 4.69) is 25.8 Å². The highest BCUT2D eigenvalue weighted by molar-refractivity contribution is 6.02. The zero-order chi connectivity index (χ0) is 43.5. The van der Waals surface area contributed by atoms with Gasteiger partial charge < -0.3 is 49.8 Å². The Hall–Kier alpha value is -6.58. The molecule has 0 spiro atoms. The number of nitrogens with zero attached hydrogens (tertiary/aromatic N) is 3. The number of carbonyl (C=O) groups is 6. The molecule has 61 heavy (non-hydrogen) atoms. The first-order valence-corrected chi connectivity index (χ1v) is 20.7. The van der Waals surface area contributed by atoms with E-state index in [-0.39, 0.29) is 35.5 Å². The van der Waals surface area contributed by atoms with Crippen molar-refractivity contribution in [2.24, 2.45) is 11.8 Å². The predicted octanol–water partition coefficient (Wildman–Crippen LogP) is 5.87. The Morgan fingerprint density at radius 3 is 1.72 bits per heavy atom. The zero-order valence-corrected chi connectivity index (χ0v) is 35.2. The van der Waals surface area contributed by atoms with Gasteiger partial charge in [0.25, 0.3) is 0 Å². The quantitative estimate of drug-likeness (QED) is 0.143. The van der Waals surface area contributed by atoms with E-state index >= 15 is 0 Å². The number of alkyl carbamates (subject to hydrolysis) is 2. The molecule has 0 aliphatic carbocycles. The molecular weight excluding hydrogens is 783 g/mol. The molecule has 322 valence electrons. The SMILES string of the molecule is COC(=O)N[C@H](C(=O)N1CCC[C@H]1C(=O)Nc1ccc2c(c1)O[C@@H](c1ccccc1)n1c-2cc2cc(NC(=O)[C@@H]3CCCN3C(=O)[C@@H](NC(=O)OC)C(C)C)ccc21)C(C)C. The maximum absolute atomic E-state index is 13.8. The molecule has 3 aliphatic rings. The van der Waals surface area contributed by atoms with Crippen molar-refractivity contribution in [3.63, 3.8) is 0 Å². The van der Waals surface area contributed by atoms with Crippen LogP contribution in [0.4, 0.5) is 21.0 Å². The first kappa shape index (κ1) is 42.5. The number of fused-ring (bicyclic) bond motifs is 5. The summed E-state index contributed by atoms with van der Waals surface area (Å²) in [5.74, 6) is -1.23. The van der Waals surface area contributed by atoms with Crippen LogP contribution in [0, 0.1) is 11.8 Å². The molecule has 0 unspecified atom stereocenters. The number of benzene rings is 3. The Kier molecular flexibility index (Phi) is 12.5. The zero-order valence-electron chi connectivity index (χ0n) is 35.2. The minimum absolute atomic E-state index is 0.222. The number of amides is 6. The molecule has 0 saturated carbocycles. The second kappa shape index (κ2) is 18.0. The van der Waals surface area contributed by atoms with E-state index in [1.54, 1.807) is 12.1 Å². The smallest absolute Gasteiger partial charge is 0.407 e. The third-order valence-electron chi connectivity index (χ3n) is 11.6. The van der Waals surface area contributed by atoms with Crippen LogP contribution in [0.2, 0.25) is 0 Å². The van der Waals surface area contributed by atoms with Crippen molar-refractivity contribution in [1.29, 1.82) is 0 Å². The summed E-state index contributed by atoms with van der Waals surface area (Å²) in [5.41, 5.74) is 4.47. The standard InChI is InChI=1S/C45H53N7O9/c1-25(2)37(48-44(57)59-5)41(55)50-20-10-14-33(50)39(53)46-29-17-19-32-28(22-29)23-35-31-18-16-30(24-36(31)61-43(52(32)35)27-12-8-7-9-13-27)47-40(54)34-15-11-21-51(34)42(56)38(26(3)4)49-45(58)60-6/h7-9,12-13,16-19,22-26,33-34,37-38,43H,10-11,14-15,20-21H2,1-6H3,(H,46,53)(H,47,54)(H,48,57)(H,49,58)/t33-,34-,37-,38-,43-/m0/s1. The topological polar surface area (TPSA) is 190 Å². The van der Waals surface area contributed by atoms with Crippen molar-refractivity contribution in [1.82, 2.24) is 25.0 Å². The lowest BCUT2D eigenvalue weighted by atomic mass is 10.0. The summed E-state index contributed by atoms with van der Waals surface area (Å²) in [6.45, 7) is 8.08. The molecule has 3 aromatic carbocycles. The maximum Gasteiger partial charge on any atom is 0.407 e. The number of likely N-dealkylation sites (tertiary alicyclic amines) is 2. The van der Waals surface area contributed by atoms with Gasteiger partial charge in [0, 0.05) is 47.0 Å². The first-order valence-electron chi connectivity index (χ1n) is 20.7. The molecule has 4 aromatic rings. The summed E-state index contributed by atoms with van der Waals surface area (Å²) in [5, 5.41) is 12.1. The molecule has 7 rings (SSSR count). The fourth-order valence-electron chi connectivity index (χ4n) is 8.50. The van der Waals surface area contributed by atoms with E-state index in [1.165, 1.54) is 24.0 Å². The first-order chi connectivity index (χ1) is 29.3. The maximum atomic E-state index is 13.8. The number of aromatic nitrogens is 1. The van der Waals surface area contributed by atoms with Crippen LogP contribution in [-0.4, -0.2) is 102 Å². The molecule has 16 heteroatoms. The normalized spacial score (nSPS) is 19.0. The second-order valence-electron chi connectivity index (χ2n) is 16.3. The van der Waals surface area contributed by atoms with Crippen molar-refractivity contribution in [3.05, 3.63) is 78.4 Å². The lowest BCUT2D eigenvalue weighted by Gasteiger charge is -2.31. The minimum atomic E-state index is -0.846. The highest BCUT2D eigenvalue weighted by Crippen LogP contribution is 2.45. The summed E-state index contributed by atoms with van der Waals surface area (Å²) in [6, 6.07) is 19.8. The number of nitrogens with one attached hydrogen (secondary N) is 4. The Morgan fingerprint density at radius 2 is 1.20 bits per heavy atom. The van der Waals surface area contributed by atoms with Gasteiger partial charge in [-0.3, -0.25) is 19.2 Å². The van der Waals surface area contributed by atoms with Crippen LogP contribution in [0.5, 0.6) is 5.75 Å².